The van der Waals surface area contributed by atoms with Crippen LogP contribution in [0.15, 0.2) is 0 Å². The van der Waals surface area contributed by atoms with Crippen molar-refractivity contribution in [2.45, 2.75) is 33.4 Å². The molecule has 0 bridgehead atoms. The maximum atomic E-state index is 13.3. The molecule has 3 aromatic heterocycles. The Balaban J connectivity index is 1.67. The Morgan fingerprint density at radius 1 is 0.929 bits per heavy atom. The molecule has 0 saturated carbocycles. The Morgan fingerprint density at radius 3 is 2.32 bits per heavy atom. The summed E-state index contributed by atoms with van der Waals surface area (Å²) in [6.07, 6.45) is -3.78. The number of halogens is 3. The zero-order valence-electron chi connectivity index (χ0n) is 15.7. The van der Waals surface area contributed by atoms with Crippen molar-refractivity contribution in [1.29, 1.82) is 0 Å². The highest BCUT2D eigenvalue weighted by Gasteiger charge is 2.38. The lowest BCUT2D eigenvalue weighted by atomic mass is 10.1. The second kappa shape index (κ2) is 6.83. The van der Waals surface area contributed by atoms with Crippen LogP contribution < -0.4 is 9.80 Å². The van der Waals surface area contributed by atoms with Gasteiger partial charge in [-0.3, -0.25) is 0 Å². The summed E-state index contributed by atoms with van der Waals surface area (Å²) >= 11 is 1.36. The van der Waals surface area contributed by atoms with Crippen molar-refractivity contribution in [3.8, 4) is 0 Å². The fourth-order valence-electron chi connectivity index (χ4n) is 3.33. The van der Waals surface area contributed by atoms with Crippen LogP contribution in [0.25, 0.3) is 5.65 Å². The number of anilines is 2. The quantitative estimate of drug-likeness (QED) is 0.641. The first kappa shape index (κ1) is 18.8. The van der Waals surface area contributed by atoms with E-state index in [2.05, 4.69) is 29.6 Å². The molecule has 8 nitrogen and oxygen atoms in total. The number of hydrogen-bond donors (Lipinski definition) is 0. The molecule has 1 aliphatic rings. The molecule has 0 atom stereocenters. The molecule has 1 fully saturated rings. The SMILES string of the molecule is Cc1nsc(N2CCCN(c3nn4c(C(F)(F)F)nnc4c(C)c3C)CC2)n1. The third-order valence-corrected chi connectivity index (χ3v) is 5.77. The zero-order valence-corrected chi connectivity index (χ0v) is 16.5. The van der Waals surface area contributed by atoms with Crippen LogP contribution in [0.1, 0.15) is 29.2 Å². The molecule has 0 aromatic carbocycles. The number of alkyl halides is 3. The van der Waals surface area contributed by atoms with Crippen molar-refractivity contribution in [1.82, 2.24) is 29.2 Å². The Kier molecular flexibility index (Phi) is 4.60. The molecule has 28 heavy (non-hydrogen) atoms. The van der Waals surface area contributed by atoms with Crippen LogP contribution in [0.3, 0.4) is 0 Å². The smallest absolute Gasteiger partial charge is 0.353 e. The van der Waals surface area contributed by atoms with Crippen LogP contribution in [-0.2, 0) is 6.18 Å². The van der Waals surface area contributed by atoms with Gasteiger partial charge in [-0.05, 0) is 27.2 Å². The normalized spacial score (nSPS) is 16.1. The van der Waals surface area contributed by atoms with E-state index in [4.69, 9.17) is 0 Å². The van der Waals surface area contributed by atoms with E-state index in [1.165, 1.54) is 11.5 Å². The predicted molar refractivity (Wildman–Crippen MR) is 98.9 cm³/mol. The number of aryl methyl sites for hydroxylation is 2. The zero-order chi connectivity index (χ0) is 20.1. The molecular formula is C16H19F3N8S. The lowest BCUT2D eigenvalue weighted by Gasteiger charge is -2.24. The summed E-state index contributed by atoms with van der Waals surface area (Å²) in [5.74, 6) is 0.171. The highest BCUT2D eigenvalue weighted by atomic mass is 32.1. The third-order valence-electron chi connectivity index (χ3n) is 4.91. The number of fused-ring (bicyclic) bond motifs is 1. The van der Waals surface area contributed by atoms with Gasteiger partial charge in [0.2, 0.25) is 5.13 Å². The van der Waals surface area contributed by atoms with E-state index in [1.807, 2.05) is 18.7 Å². The minimum Gasteiger partial charge on any atom is -0.353 e. The largest absolute Gasteiger partial charge is 0.453 e. The van der Waals surface area contributed by atoms with E-state index in [-0.39, 0.29) is 5.65 Å². The van der Waals surface area contributed by atoms with Gasteiger partial charge in [0.05, 0.1) is 0 Å². The van der Waals surface area contributed by atoms with Crippen LogP contribution >= 0.6 is 11.5 Å². The van der Waals surface area contributed by atoms with Crippen molar-refractivity contribution in [3.63, 3.8) is 0 Å². The molecule has 0 aliphatic carbocycles. The lowest BCUT2D eigenvalue weighted by Crippen LogP contribution is -2.32. The molecule has 4 heterocycles. The summed E-state index contributed by atoms with van der Waals surface area (Å²) in [4.78, 5) is 8.61. The van der Waals surface area contributed by atoms with E-state index in [9.17, 15) is 13.2 Å². The molecule has 3 aromatic rings. The van der Waals surface area contributed by atoms with Crippen molar-refractivity contribution < 1.29 is 13.2 Å². The van der Waals surface area contributed by atoms with Crippen LogP contribution in [0.4, 0.5) is 24.1 Å². The summed E-state index contributed by atoms with van der Waals surface area (Å²) in [5.41, 5.74) is 1.59. The first-order valence-corrected chi connectivity index (χ1v) is 9.63. The minimum absolute atomic E-state index is 0.134. The molecule has 1 saturated heterocycles. The first-order valence-electron chi connectivity index (χ1n) is 8.85. The molecular weight excluding hydrogens is 393 g/mol. The van der Waals surface area contributed by atoms with Crippen molar-refractivity contribution in [2.24, 2.45) is 0 Å². The maximum absolute atomic E-state index is 13.3. The Hall–Kier alpha value is -2.50. The molecule has 1 aliphatic heterocycles. The average Bonchev–Trinajstić information content (AvgIpc) is 3.18. The van der Waals surface area contributed by atoms with E-state index in [0.29, 0.717) is 31.0 Å². The molecule has 0 radical (unpaired) electrons. The molecule has 0 N–H and O–H groups in total. The molecule has 150 valence electrons. The Morgan fingerprint density at radius 2 is 1.64 bits per heavy atom. The van der Waals surface area contributed by atoms with Crippen LogP contribution in [0, 0.1) is 20.8 Å². The molecule has 12 heteroatoms. The van der Waals surface area contributed by atoms with Gasteiger partial charge in [-0.1, -0.05) is 0 Å². The summed E-state index contributed by atoms with van der Waals surface area (Å²) in [5, 5.41) is 12.2. The molecule has 0 amide bonds. The van der Waals surface area contributed by atoms with Gasteiger partial charge < -0.3 is 9.80 Å². The fourth-order valence-corrected chi connectivity index (χ4v) is 4.05. The van der Waals surface area contributed by atoms with E-state index in [0.717, 1.165) is 34.0 Å². The predicted octanol–water partition coefficient (Wildman–Crippen LogP) is 2.64. The van der Waals surface area contributed by atoms with Gasteiger partial charge in [-0.2, -0.15) is 22.1 Å². The van der Waals surface area contributed by atoms with Gasteiger partial charge in [0, 0.05) is 48.8 Å². The highest BCUT2D eigenvalue weighted by molar-refractivity contribution is 7.09. The summed E-state index contributed by atoms with van der Waals surface area (Å²) in [6.45, 7) is 8.28. The highest BCUT2D eigenvalue weighted by Crippen LogP contribution is 2.31. The topological polar surface area (TPSA) is 75.3 Å². The summed E-state index contributed by atoms with van der Waals surface area (Å²) in [6, 6.07) is 0. The fraction of sp³-hybridized carbons (Fsp3) is 0.562. The van der Waals surface area contributed by atoms with Gasteiger partial charge in [-0.25, -0.2) is 4.98 Å². The van der Waals surface area contributed by atoms with Gasteiger partial charge in [0.25, 0.3) is 5.82 Å². The number of aromatic nitrogens is 6. The Bertz CT molecular complexity index is 1010. The van der Waals surface area contributed by atoms with Crippen LogP contribution in [-0.4, -0.2) is 55.3 Å². The monoisotopic (exact) mass is 412 g/mol. The third kappa shape index (κ3) is 3.25. The van der Waals surface area contributed by atoms with Crippen LogP contribution in [0.2, 0.25) is 0 Å². The van der Waals surface area contributed by atoms with Gasteiger partial charge >= 0.3 is 6.18 Å². The second-order valence-electron chi connectivity index (χ2n) is 6.78. The van der Waals surface area contributed by atoms with Crippen LogP contribution in [0.5, 0.6) is 0 Å². The summed E-state index contributed by atoms with van der Waals surface area (Å²) in [7, 11) is 0. The van der Waals surface area contributed by atoms with E-state index >= 15 is 0 Å². The minimum atomic E-state index is -4.61. The standard InChI is InChI=1S/C16H19F3N8S/c1-9-10(2)13(23-27-12(9)21-22-14(27)16(17,18)19)25-5-4-6-26(8-7-25)15-20-11(3)24-28-15/h4-8H2,1-3H3. The van der Waals surface area contributed by atoms with Gasteiger partial charge in [0.15, 0.2) is 11.5 Å². The van der Waals surface area contributed by atoms with Gasteiger partial charge in [-0.15, -0.1) is 15.3 Å². The van der Waals surface area contributed by atoms with E-state index in [1.54, 1.807) is 6.92 Å². The van der Waals surface area contributed by atoms with Crippen molar-refractivity contribution >= 4 is 28.1 Å². The number of rotatable bonds is 2. The van der Waals surface area contributed by atoms with Crippen molar-refractivity contribution in [3.05, 3.63) is 22.8 Å². The first-order chi connectivity index (χ1) is 13.3. The molecule has 0 unspecified atom stereocenters. The molecule has 4 rings (SSSR count). The number of nitrogens with zero attached hydrogens (tertiary/aromatic N) is 8. The average molecular weight is 412 g/mol. The summed E-state index contributed by atoms with van der Waals surface area (Å²) < 4.78 is 44.8. The van der Waals surface area contributed by atoms with Gasteiger partial charge in [0.1, 0.15) is 5.82 Å². The van der Waals surface area contributed by atoms with E-state index < -0.39 is 12.0 Å². The molecule has 0 spiro atoms. The second-order valence-corrected chi connectivity index (χ2v) is 7.51. The lowest BCUT2D eigenvalue weighted by molar-refractivity contribution is -0.146. The number of hydrogen-bond acceptors (Lipinski definition) is 8. The maximum Gasteiger partial charge on any atom is 0.453 e. The van der Waals surface area contributed by atoms with Crippen molar-refractivity contribution in [2.75, 3.05) is 36.0 Å². The Labute approximate surface area is 163 Å².